The van der Waals surface area contributed by atoms with Crippen LogP contribution in [0.25, 0.3) is 0 Å². The lowest BCUT2D eigenvalue weighted by atomic mass is 10.1. The maximum Gasteiger partial charge on any atom is 0.238 e. The van der Waals surface area contributed by atoms with E-state index in [9.17, 15) is 4.79 Å². The summed E-state index contributed by atoms with van der Waals surface area (Å²) in [5.41, 5.74) is 1.70. The number of ether oxygens (including phenoxy) is 1. The molecule has 1 fully saturated rings. The molecular weight excluding hydrogens is 346 g/mol. The van der Waals surface area contributed by atoms with Crippen molar-refractivity contribution < 1.29 is 9.53 Å². The van der Waals surface area contributed by atoms with Gasteiger partial charge in [0.2, 0.25) is 5.91 Å². The molecular formula is C20H23N3O2S. The molecule has 1 aliphatic rings. The van der Waals surface area contributed by atoms with Gasteiger partial charge in [-0.15, -0.1) is 11.3 Å². The number of rotatable bonds is 8. The van der Waals surface area contributed by atoms with E-state index < -0.39 is 0 Å². The van der Waals surface area contributed by atoms with Crippen LogP contribution in [0.15, 0.2) is 41.8 Å². The van der Waals surface area contributed by atoms with E-state index in [0.717, 1.165) is 43.8 Å². The molecule has 0 radical (unpaired) electrons. The van der Waals surface area contributed by atoms with Gasteiger partial charge >= 0.3 is 0 Å². The maximum atomic E-state index is 12.5. The number of nitrogens with one attached hydrogen (secondary N) is 1. The smallest absolute Gasteiger partial charge is 0.238 e. The van der Waals surface area contributed by atoms with Crippen LogP contribution in [-0.2, 0) is 22.5 Å². The Labute approximate surface area is 158 Å². The van der Waals surface area contributed by atoms with E-state index in [2.05, 4.69) is 27.7 Å². The van der Waals surface area contributed by atoms with Crippen LogP contribution in [0, 0.1) is 11.3 Å². The third-order valence-electron chi connectivity index (χ3n) is 4.33. The number of amides is 1. The minimum Gasteiger partial charge on any atom is -0.377 e. The van der Waals surface area contributed by atoms with Crippen molar-refractivity contribution in [3.8, 4) is 6.07 Å². The van der Waals surface area contributed by atoms with Gasteiger partial charge in [-0.25, -0.2) is 0 Å². The predicted octanol–water partition coefficient (Wildman–Crippen LogP) is 3.43. The van der Waals surface area contributed by atoms with Crippen LogP contribution in [-0.4, -0.2) is 36.6 Å². The average molecular weight is 369 g/mol. The molecule has 5 nitrogen and oxygen atoms in total. The zero-order valence-corrected chi connectivity index (χ0v) is 15.5. The van der Waals surface area contributed by atoms with Gasteiger partial charge in [0.05, 0.1) is 25.1 Å². The minimum atomic E-state index is -0.0346. The Morgan fingerprint density at radius 2 is 2.19 bits per heavy atom. The van der Waals surface area contributed by atoms with Crippen LogP contribution in [0.1, 0.15) is 23.3 Å². The molecule has 1 atom stereocenters. The van der Waals surface area contributed by atoms with Gasteiger partial charge in [-0.05, 0) is 42.0 Å². The SMILES string of the molecule is N#CCc1ccc(NC(=O)CN(Cc2cccs2)C[C@H]2CCCO2)cc1. The number of benzene rings is 1. The van der Waals surface area contributed by atoms with Crippen molar-refractivity contribution in [3.63, 3.8) is 0 Å². The third-order valence-corrected chi connectivity index (χ3v) is 5.19. The second kappa shape index (κ2) is 9.48. The van der Waals surface area contributed by atoms with Crippen LogP contribution >= 0.6 is 11.3 Å². The third kappa shape index (κ3) is 5.67. The maximum absolute atomic E-state index is 12.5. The van der Waals surface area contributed by atoms with Crippen LogP contribution in [0.2, 0.25) is 0 Å². The summed E-state index contributed by atoms with van der Waals surface area (Å²) in [7, 11) is 0. The number of hydrogen-bond donors (Lipinski definition) is 1. The first-order chi connectivity index (χ1) is 12.7. The summed E-state index contributed by atoms with van der Waals surface area (Å²) >= 11 is 1.71. The van der Waals surface area contributed by atoms with Gasteiger partial charge in [-0.1, -0.05) is 18.2 Å². The molecule has 1 aromatic heterocycles. The molecule has 1 N–H and O–H groups in total. The highest BCUT2D eigenvalue weighted by Crippen LogP contribution is 2.17. The molecule has 136 valence electrons. The zero-order valence-electron chi connectivity index (χ0n) is 14.7. The quantitative estimate of drug-likeness (QED) is 0.774. The molecule has 2 aromatic rings. The normalized spacial score (nSPS) is 16.5. The van der Waals surface area contributed by atoms with Crippen molar-refractivity contribution in [1.82, 2.24) is 4.90 Å². The van der Waals surface area contributed by atoms with Crippen LogP contribution in [0.5, 0.6) is 0 Å². The van der Waals surface area contributed by atoms with Gasteiger partial charge in [-0.2, -0.15) is 5.26 Å². The van der Waals surface area contributed by atoms with E-state index in [1.165, 1.54) is 4.88 Å². The summed E-state index contributed by atoms with van der Waals surface area (Å²) in [6.07, 6.45) is 2.75. The Morgan fingerprint density at radius 3 is 2.85 bits per heavy atom. The summed E-state index contributed by atoms with van der Waals surface area (Å²) in [5, 5.41) is 13.7. The predicted molar refractivity (Wildman–Crippen MR) is 103 cm³/mol. The summed E-state index contributed by atoms with van der Waals surface area (Å²) in [6, 6.07) is 13.7. The molecule has 0 aliphatic carbocycles. The van der Waals surface area contributed by atoms with Gasteiger partial charge in [0.15, 0.2) is 0 Å². The van der Waals surface area contributed by atoms with Gasteiger partial charge < -0.3 is 10.1 Å². The second-order valence-electron chi connectivity index (χ2n) is 6.46. The molecule has 1 saturated heterocycles. The topological polar surface area (TPSA) is 65.4 Å². The van der Waals surface area contributed by atoms with Crippen molar-refractivity contribution in [2.75, 3.05) is 25.0 Å². The van der Waals surface area contributed by atoms with E-state index in [1.807, 2.05) is 30.3 Å². The molecule has 0 saturated carbocycles. The number of carbonyl (C=O) groups excluding carboxylic acids is 1. The molecule has 1 aliphatic heterocycles. The molecule has 26 heavy (non-hydrogen) atoms. The molecule has 1 amide bonds. The van der Waals surface area contributed by atoms with Crippen LogP contribution in [0.3, 0.4) is 0 Å². The molecule has 6 heteroatoms. The van der Waals surface area contributed by atoms with E-state index in [1.54, 1.807) is 11.3 Å². The number of nitriles is 1. The van der Waals surface area contributed by atoms with Gasteiger partial charge in [-0.3, -0.25) is 9.69 Å². The first-order valence-electron chi connectivity index (χ1n) is 8.85. The summed E-state index contributed by atoms with van der Waals surface area (Å²) in [5.74, 6) is -0.0346. The van der Waals surface area contributed by atoms with Crippen molar-refractivity contribution in [2.45, 2.75) is 31.9 Å². The minimum absolute atomic E-state index is 0.0346. The van der Waals surface area contributed by atoms with Crippen molar-refractivity contribution in [3.05, 3.63) is 52.2 Å². The Morgan fingerprint density at radius 1 is 1.35 bits per heavy atom. The van der Waals surface area contributed by atoms with E-state index in [-0.39, 0.29) is 12.0 Å². The highest BCUT2D eigenvalue weighted by molar-refractivity contribution is 7.09. The van der Waals surface area contributed by atoms with Crippen molar-refractivity contribution in [1.29, 1.82) is 5.26 Å². The van der Waals surface area contributed by atoms with Gasteiger partial charge in [0.25, 0.3) is 0 Å². The summed E-state index contributed by atoms with van der Waals surface area (Å²) in [4.78, 5) is 15.9. The van der Waals surface area contributed by atoms with Crippen LogP contribution < -0.4 is 5.32 Å². The molecule has 1 aromatic carbocycles. The Balaban J connectivity index is 1.57. The van der Waals surface area contributed by atoms with Crippen LogP contribution in [0.4, 0.5) is 5.69 Å². The first kappa shape index (κ1) is 18.6. The first-order valence-corrected chi connectivity index (χ1v) is 9.73. The molecule has 0 bridgehead atoms. The van der Waals surface area contributed by atoms with Crippen molar-refractivity contribution in [2.24, 2.45) is 0 Å². The Hall–Kier alpha value is -2.20. The number of nitrogens with zero attached hydrogens (tertiary/aromatic N) is 2. The van der Waals surface area contributed by atoms with Gasteiger partial charge in [0.1, 0.15) is 0 Å². The largest absolute Gasteiger partial charge is 0.377 e. The number of hydrogen-bond acceptors (Lipinski definition) is 5. The summed E-state index contributed by atoms with van der Waals surface area (Å²) < 4.78 is 5.74. The van der Waals surface area contributed by atoms with Crippen molar-refractivity contribution >= 4 is 22.9 Å². The molecule has 2 heterocycles. The fourth-order valence-electron chi connectivity index (χ4n) is 3.09. The standard InChI is InChI=1S/C20H23N3O2S/c21-10-9-16-5-7-17(8-6-16)22-20(24)15-23(13-18-3-1-11-25-18)14-19-4-2-12-26-19/h2,4-8,12,18H,1,3,9,11,13-15H2,(H,22,24)/t18-/m1/s1. The Bertz CT molecular complexity index is 731. The monoisotopic (exact) mass is 369 g/mol. The molecule has 0 unspecified atom stereocenters. The lowest BCUT2D eigenvalue weighted by Crippen LogP contribution is -2.37. The lowest BCUT2D eigenvalue weighted by Gasteiger charge is -2.24. The van der Waals surface area contributed by atoms with E-state index >= 15 is 0 Å². The summed E-state index contributed by atoms with van der Waals surface area (Å²) in [6.45, 7) is 2.68. The Kier molecular flexibility index (Phi) is 6.78. The van der Waals surface area contributed by atoms with E-state index in [4.69, 9.17) is 10.00 Å². The highest BCUT2D eigenvalue weighted by atomic mass is 32.1. The number of thiophene rings is 1. The zero-order chi connectivity index (χ0) is 18.2. The number of anilines is 1. The fraction of sp³-hybridized carbons (Fsp3) is 0.400. The second-order valence-corrected chi connectivity index (χ2v) is 7.50. The lowest BCUT2D eigenvalue weighted by molar-refractivity contribution is -0.117. The average Bonchev–Trinajstić information content (AvgIpc) is 3.31. The number of carbonyl (C=O) groups is 1. The highest BCUT2D eigenvalue weighted by Gasteiger charge is 2.21. The molecule has 3 rings (SSSR count). The fourth-order valence-corrected chi connectivity index (χ4v) is 3.83. The molecule has 0 spiro atoms. The van der Waals surface area contributed by atoms with E-state index in [0.29, 0.717) is 13.0 Å². The van der Waals surface area contributed by atoms with Gasteiger partial charge in [0, 0.05) is 30.3 Å².